The van der Waals surface area contributed by atoms with Gasteiger partial charge in [-0.3, -0.25) is 14.4 Å². The first-order valence-electron chi connectivity index (χ1n) is 8.99. The summed E-state index contributed by atoms with van der Waals surface area (Å²) in [6.45, 7) is 2.83. The number of nitrogens with zero attached hydrogens (tertiary/aromatic N) is 1. The zero-order valence-corrected chi connectivity index (χ0v) is 15.3. The molecule has 0 bridgehead atoms. The van der Waals surface area contributed by atoms with Crippen molar-refractivity contribution >= 4 is 17.8 Å². The fourth-order valence-corrected chi connectivity index (χ4v) is 3.59. The number of carbonyl (C=O) groups excluding carboxylic acids is 2. The third-order valence-electron chi connectivity index (χ3n) is 4.98. The van der Waals surface area contributed by atoms with Gasteiger partial charge in [-0.05, 0) is 36.0 Å². The number of fused-ring (bicyclic) bond motifs is 1. The number of piperidine rings is 1. The van der Waals surface area contributed by atoms with Gasteiger partial charge >= 0.3 is 5.97 Å². The van der Waals surface area contributed by atoms with Crippen molar-refractivity contribution in [2.45, 2.75) is 32.6 Å². The Hall–Kier alpha value is -2.77. The second-order valence-corrected chi connectivity index (χ2v) is 7.41. The van der Waals surface area contributed by atoms with E-state index in [1.165, 1.54) is 0 Å². The van der Waals surface area contributed by atoms with Crippen LogP contribution in [0.2, 0.25) is 0 Å². The van der Waals surface area contributed by atoms with Crippen molar-refractivity contribution in [2.75, 3.05) is 26.4 Å². The molecule has 2 aliphatic heterocycles. The summed E-state index contributed by atoms with van der Waals surface area (Å²) in [6, 6.07) is 5.89. The Morgan fingerprint density at radius 1 is 1.30 bits per heavy atom. The van der Waals surface area contributed by atoms with E-state index in [1.807, 2.05) is 18.2 Å². The fourth-order valence-electron chi connectivity index (χ4n) is 3.59. The molecule has 2 amide bonds. The zero-order valence-electron chi connectivity index (χ0n) is 15.3. The van der Waals surface area contributed by atoms with Crippen LogP contribution in [0.5, 0.6) is 11.5 Å². The molecule has 0 radical (unpaired) electrons. The Kier molecular flexibility index (Phi) is 5.53. The minimum absolute atomic E-state index is 0.0317. The molecule has 0 aromatic heterocycles. The average molecular weight is 376 g/mol. The molecule has 27 heavy (non-hydrogen) atoms. The zero-order chi connectivity index (χ0) is 19.4. The Bertz CT molecular complexity index is 750. The number of benzene rings is 1. The minimum atomic E-state index is -1.09. The maximum atomic E-state index is 12.2. The van der Waals surface area contributed by atoms with Crippen molar-refractivity contribution in [3.05, 3.63) is 23.8 Å². The van der Waals surface area contributed by atoms with Crippen LogP contribution in [0.25, 0.3) is 0 Å². The molecule has 2 aliphatic rings. The number of ether oxygens (including phenoxy) is 2. The Labute approximate surface area is 157 Å². The molecule has 1 atom stereocenters. The van der Waals surface area contributed by atoms with E-state index in [2.05, 4.69) is 12.2 Å². The van der Waals surface area contributed by atoms with Crippen molar-refractivity contribution in [1.82, 2.24) is 10.2 Å². The number of carboxylic acids is 1. The molecular weight excluding hydrogens is 352 g/mol. The number of likely N-dealkylation sites (tertiary alicyclic amines) is 1. The Morgan fingerprint density at radius 3 is 2.85 bits per heavy atom. The molecule has 2 heterocycles. The molecule has 2 N–H and O–H groups in total. The van der Waals surface area contributed by atoms with E-state index in [4.69, 9.17) is 14.6 Å². The minimum Gasteiger partial charge on any atom is -0.480 e. The lowest BCUT2D eigenvalue weighted by molar-refractivity contribution is -0.139. The van der Waals surface area contributed by atoms with E-state index in [0.717, 1.165) is 29.9 Å². The topological polar surface area (TPSA) is 105 Å². The van der Waals surface area contributed by atoms with Crippen LogP contribution >= 0.6 is 0 Å². The highest BCUT2D eigenvalue weighted by Crippen LogP contribution is 2.37. The summed E-state index contributed by atoms with van der Waals surface area (Å²) in [5.41, 5.74) is 1.02. The van der Waals surface area contributed by atoms with Gasteiger partial charge in [-0.15, -0.1) is 0 Å². The van der Waals surface area contributed by atoms with Crippen LogP contribution in [-0.2, 0) is 20.8 Å². The summed E-state index contributed by atoms with van der Waals surface area (Å²) >= 11 is 0. The highest BCUT2D eigenvalue weighted by atomic mass is 16.7. The van der Waals surface area contributed by atoms with Gasteiger partial charge in [0.1, 0.15) is 6.54 Å². The molecular formula is C19H24N2O6. The normalized spacial score (nSPS) is 21.2. The standard InChI is InChI=1S/C19H24N2O6/c1-19(9-13-2-3-14-15(8-13)27-12-26-14)6-4-17(23)21(11-19)7-5-16(22)20-10-18(24)25/h2-3,8H,4-7,9-12H2,1H3,(H,20,22)(H,24,25). The van der Waals surface area contributed by atoms with E-state index in [0.29, 0.717) is 19.5 Å². The number of hydrogen-bond donors (Lipinski definition) is 2. The van der Waals surface area contributed by atoms with Crippen molar-refractivity contribution < 1.29 is 29.0 Å². The van der Waals surface area contributed by atoms with Crippen LogP contribution in [0.1, 0.15) is 31.7 Å². The lowest BCUT2D eigenvalue weighted by Crippen LogP contribution is -2.47. The maximum Gasteiger partial charge on any atom is 0.322 e. The molecule has 8 nitrogen and oxygen atoms in total. The third kappa shape index (κ3) is 4.90. The summed E-state index contributed by atoms with van der Waals surface area (Å²) < 4.78 is 10.8. The molecule has 1 fully saturated rings. The predicted octanol–water partition coefficient (Wildman–Crippen LogP) is 1.18. The first kappa shape index (κ1) is 19.0. The summed E-state index contributed by atoms with van der Waals surface area (Å²) in [4.78, 5) is 36.1. The molecule has 1 saturated heterocycles. The van der Waals surface area contributed by atoms with Crippen LogP contribution in [0, 0.1) is 5.41 Å². The van der Waals surface area contributed by atoms with Crippen LogP contribution in [0.15, 0.2) is 18.2 Å². The van der Waals surface area contributed by atoms with Gasteiger partial charge in [0.2, 0.25) is 18.6 Å². The molecule has 8 heteroatoms. The second-order valence-electron chi connectivity index (χ2n) is 7.41. The fraction of sp³-hybridized carbons (Fsp3) is 0.526. The smallest absolute Gasteiger partial charge is 0.322 e. The SMILES string of the molecule is CC1(Cc2ccc3c(c2)OCO3)CCC(=O)N(CCC(=O)NCC(=O)O)C1. The highest BCUT2D eigenvalue weighted by molar-refractivity contribution is 5.82. The van der Waals surface area contributed by atoms with Gasteiger partial charge in [0.25, 0.3) is 0 Å². The van der Waals surface area contributed by atoms with E-state index < -0.39 is 12.5 Å². The van der Waals surface area contributed by atoms with Gasteiger partial charge in [-0.25, -0.2) is 0 Å². The average Bonchev–Trinajstić information content (AvgIpc) is 3.08. The van der Waals surface area contributed by atoms with E-state index in [-0.39, 0.29) is 30.4 Å². The van der Waals surface area contributed by atoms with Crippen molar-refractivity contribution in [3.63, 3.8) is 0 Å². The van der Waals surface area contributed by atoms with E-state index in [1.54, 1.807) is 4.90 Å². The first-order valence-corrected chi connectivity index (χ1v) is 8.99. The summed E-state index contributed by atoms with van der Waals surface area (Å²) in [6.07, 6.45) is 2.11. The van der Waals surface area contributed by atoms with Gasteiger partial charge in [0.05, 0.1) is 0 Å². The van der Waals surface area contributed by atoms with Gasteiger partial charge in [0.15, 0.2) is 11.5 Å². The van der Waals surface area contributed by atoms with Gasteiger partial charge in [-0.1, -0.05) is 13.0 Å². The van der Waals surface area contributed by atoms with E-state index >= 15 is 0 Å². The molecule has 1 aromatic rings. The number of hydrogen-bond acceptors (Lipinski definition) is 5. The molecule has 3 rings (SSSR count). The largest absolute Gasteiger partial charge is 0.480 e. The number of aliphatic carboxylic acids is 1. The van der Waals surface area contributed by atoms with Crippen LogP contribution in [0.3, 0.4) is 0 Å². The Morgan fingerprint density at radius 2 is 2.07 bits per heavy atom. The van der Waals surface area contributed by atoms with Crippen molar-refractivity contribution in [3.8, 4) is 11.5 Å². The number of carbonyl (C=O) groups is 3. The lowest BCUT2D eigenvalue weighted by Gasteiger charge is -2.40. The van der Waals surface area contributed by atoms with Crippen LogP contribution < -0.4 is 14.8 Å². The number of nitrogens with one attached hydrogen (secondary N) is 1. The Balaban J connectivity index is 1.57. The number of amides is 2. The van der Waals surface area contributed by atoms with Gasteiger partial charge in [0, 0.05) is 25.9 Å². The summed E-state index contributed by atoms with van der Waals surface area (Å²) in [5.74, 6) is 0.0674. The molecule has 1 unspecified atom stereocenters. The predicted molar refractivity (Wildman–Crippen MR) is 95.5 cm³/mol. The lowest BCUT2D eigenvalue weighted by atomic mass is 9.76. The monoisotopic (exact) mass is 376 g/mol. The summed E-state index contributed by atoms with van der Waals surface area (Å²) in [5, 5.41) is 10.9. The maximum absolute atomic E-state index is 12.2. The number of rotatable bonds is 7. The molecule has 146 valence electrons. The first-order chi connectivity index (χ1) is 12.8. The second kappa shape index (κ2) is 7.85. The molecule has 0 aliphatic carbocycles. The van der Waals surface area contributed by atoms with Crippen LogP contribution in [-0.4, -0.2) is 54.2 Å². The quantitative estimate of drug-likeness (QED) is 0.740. The molecule has 0 saturated carbocycles. The van der Waals surface area contributed by atoms with Gasteiger partial charge in [-0.2, -0.15) is 0 Å². The number of carboxylic acid groups (broad SMARTS) is 1. The van der Waals surface area contributed by atoms with Crippen molar-refractivity contribution in [1.29, 1.82) is 0 Å². The highest BCUT2D eigenvalue weighted by Gasteiger charge is 2.35. The van der Waals surface area contributed by atoms with E-state index in [9.17, 15) is 14.4 Å². The van der Waals surface area contributed by atoms with Gasteiger partial charge < -0.3 is 24.8 Å². The van der Waals surface area contributed by atoms with Crippen LogP contribution in [0.4, 0.5) is 0 Å². The van der Waals surface area contributed by atoms with Crippen molar-refractivity contribution in [2.24, 2.45) is 5.41 Å². The summed E-state index contributed by atoms with van der Waals surface area (Å²) in [7, 11) is 0. The third-order valence-corrected chi connectivity index (χ3v) is 4.98. The molecule has 0 spiro atoms. The molecule has 1 aromatic carbocycles.